The zero-order valence-electron chi connectivity index (χ0n) is 16.9. The lowest BCUT2D eigenvalue weighted by atomic mass is 9.76. The predicted molar refractivity (Wildman–Crippen MR) is 109 cm³/mol. The Morgan fingerprint density at radius 2 is 2.00 bits per heavy atom. The molecule has 0 radical (unpaired) electrons. The first-order chi connectivity index (χ1) is 13.4. The molecular weight excluding hydrogens is 352 g/mol. The zero-order chi connectivity index (χ0) is 19.9. The summed E-state index contributed by atoms with van der Waals surface area (Å²) in [4.78, 5) is 28.1. The number of ether oxygens (including phenoxy) is 1. The van der Waals surface area contributed by atoms with Crippen LogP contribution in [0.25, 0.3) is 0 Å². The molecule has 5 atom stereocenters. The number of fused-ring (bicyclic) bond motifs is 1. The average molecular weight is 383 g/mol. The Balaban J connectivity index is 1.47. The fraction of sp³-hybridized carbons (Fsp3) is 0.565. The van der Waals surface area contributed by atoms with E-state index in [1.807, 2.05) is 49.4 Å². The number of rotatable bonds is 7. The van der Waals surface area contributed by atoms with Gasteiger partial charge in [-0.1, -0.05) is 57.0 Å². The first-order valence-electron chi connectivity index (χ1n) is 10.5. The lowest BCUT2D eigenvalue weighted by molar-refractivity contribution is -0.132. The highest BCUT2D eigenvalue weighted by Gasteiger charge is 2.67. The van der Waals surface area contributed by atoms with E-state index in [-0.39, 0.29) is 24.0 Å². The molecule has 3 heterocycles. The van der Waals surface area contributed by atoms with Crippen LogP contribution in [-0.4, -0.2) is 36.1 Å². The van der Waals surface area contributed by atoms with E-state index in [4.69, 9.17) is 4.74 Å². The van der Waals surface area contributed by atoms with Gasteiger partial charge in [-0.05, 0) is 31.4 Å². The normalized spacial score (nSPS) is 31.5. The Morgan fingerprint density at radius 1 is 1.25 bits per heavy atom. The summed E-state index contributed by atoms with van der Waals surface area (Å²) in [7, 11) is 0. The molecule has 1 spiro atoms. The van der Waals surface area contributed by atoms with Crippen LogP contribution in [0.3, 0.4) is 0 Å². The molecule has 5 heteroatoms. The highest BCUT2D eigenvalue weighted by Crippen LogP contribution is 2.52. The molecule has 1 N–H and O–H groups in total. The van der Waals surface area contributed by atoms with E-state index < -0.39 is 17.4 Å². The molecule has 1 aromatic rings. The molecule has 4 rings (SSSR count). The van der Waals surface area contributed by atoms with Crippen molar-refractivity contribution >= 4 is 17.5 Å². The van der Waals surface area contributed by atoms with E-state index >= 15 is 0 Å². The molecule has 3 aliphatic rings. The Bertz CT molecular complexity index is 775. The summed E-state index contributed by atoms with van der Waals surface area (Å²) in [5.74, 6) is -0.275. The number of hydrogen-bond acceptors (Lipinski definition) is 3. The van der Waals surface area contributed by atoms with Crippen molar-refractivity contribution in [1.29, 1.82) is 0 Å². The van der Waals surface area contributed by atoms with Gasteiger partial charge < -0.3 is 15.0 Å². The third-order valence-corrected chi connectivity index (χ3v) is 6.28. The predicted octanol–water partition coefficient (Wildman–Crippen LogP) is 3.30. The third kappa shape index (κ3) is 3.26. The van der Waals surface area contributed by atoms with Gasteiger partial charge in [0.05, 0.1) is 24.5 Å². The van der Waals surface area contributed by atoms with E-state index in [2.05, 4.69) is 19.2 Å². The second kappa shape index (κ2) is 7.36. The van der Waals surface area contributed by atoms with Crippen LogP contribution in [0.4, 0.5) is 5.69 Å². The summed E-state index contributed by atoms with van der Waals surface area (Å²) < 4.78 is 6.20. The molecule has 28 heavy (non-hydrogen) atoms. The monoisotopic (exact) mass is 382 g/mol. The van der Waals surface area contributed by atoms with Gasteiger partial charge in [-0.2, -0.15) is 0 Å². The number of nitrogens with one attached hydrogen (secondary N) is 1. The van der Waals surface area contributed by atoms with Gasteiger partial charge in [-0.15, -0.1) is 0 Å². The molecule has 0 aromatic heterocycles. The minimum absolute atomic E-state index is 0.00865. The lowest BCUT2D eigenvalue weighted by Gasteiger charge is -2.25. The molecule has 2 bridgehead atoms. The second-order valence-electron chi connectivity index (χ2n) is 8.89. The molecule has 150 valence electrons. The second-order valence-corrected chi connectivity index (χ2v) is 8.89. The first-order valence-corrected chi connectivity index (χ1v) is 10.5. The molecule has 0 saturated carbocycles. The quantitative estimate of drug-likeness (QED) is 0.736. The number of carbonyl (C=O) groups excluding carboxylic acids is 2. The molecule has 2 saturated heterocycles. The van der Waals surface area contributed by atoms with Crippen LogP contribution in [0.15, 0.2) is 42.5 Å². The fourth-order valence-corrected chi connectivity index (χ4v) is 4.87. The van der Waals surface area contributed by atoms with Gasteiger partial charge >= 0.3 is 0 Å². The van der Waals surface area contributed by atoms with Gasteiger partial charge in [0.25, 0.3) is 0 Å². The summed E-state index contributed by atoms with van der Waals surface area (Å²) >= 11 is 0. The van der Waals surface area contributed by atoms with Crippen molar-refractivity contribution in [2.75, 3.05) is 11.4 Å². The number of para-hydroxylation sites is 1. The molecule has 5 nitrogen and oxygen atoms in total. The van der Waals surface area contributed by atoms with Crippen LogP contribution in [0, 0.1) is 17.8 Å². The number of amides is 2. The molecule has 3 aliphatic heterocycles. The number of nitrogens with zero attached hydrogens (tertiary/aromatic N) is 1. The standard InChI is InChI=1S/C23H30N2O3/c1-15(2)8-7-9-16(3)24-21(26)19-18-12-13-23(28-18)14-25(22(27)20(19)23)17-10-5-4-6-11-17/h4-6,10-13,15-16,18-20H,7-9,14H2,1-3H3,(H,24,26)/t16?,18?,19?,20?,23-/m1/s1. The molecule has 2 amide bonds. The van der Waals surface area contributed by atoms with Crippen molar-refractivity contribution in [3.05, 3.63) is 42.5 Å². The molecule has 1 aromatic carbocycles. The van der Waals surface area contributed by atoms with Crippen LogP contribution in [0.5, 0.6) is 0 Å². The van der Waals surface area contributed by atoms with Crippen molar-refractivity contribution in [3.8, 4) is 0 Å². The van der Waals surface area contributed by atoms with Gasteiger partial charge in [0.1, 0.15) is 5.60 Å². The van der Waals surface area contributed by atoms with Crippen LogP contribution >= 0.6 is 0 Å². The summed E-state index contributed by atoms with van der Waals surface area (Å²) in [6, 6.07) is 9.74. The zero-order valence-corrected chi connectivity index (χ0v) is 16.9. The van der Waals surface area contributed by atoms with E-state index in [0.29, 0.717) is 12.5 Å². The fourth-order valence-electron chi connectivity index (χ4n) is 4.87. The largest absolute Gasteiger partial charge is 0.360 e. The van der Waals surface area contributed by atoms with Gasteiger partial charge in [-0.25, -0.2) is 0 Å². The topological polar surface area (TPSA) is 58.6 Å². The Morgan fingerprint density at radius 3 is 2.71 bits per heavy atom. The number of carbonyl (C=O) groups is 2. The van der Waals surface area contributed by atoms with E-state index in [9.17, 15) is 9.59 Å². The Kier molecular flexibility index (Phi) is 5.04. The highest BCUT2D eigenvalue weighted by molar-refractivity contribution is 6.03. The SMILES string of the molecule is CC(C)CCCC(C)NC(=O)C1C2C=C[C@]3(CN(c4ccccc4)C(=O)C13)O2. The van der Waals surface area contributed by atoms with Crippen LogP contribution in [-0.2, 0) is 14.3 Å². The van der Waals surface area contributed by atoms with Crippen molar-refractivity contribution < 1.29 is 14.3 Å². The maximum Gasteiger partial charge on any atom is 0.234 e. The third-order valence-electron chi connectivity index (χ3n) is 6.28. The van der Waals surface area contributed by atoms with Crippen LogP contribution < -0.4 is 10.2 Å². The maximum atomic E-state index is 13.3. The number of hydrogen-bond donors (Lipinski definition) is 1. The lowest BCUT2D eigenvalue weighted by Crippen LogP contribution is -2.46. The van der Waals surface area contributed by atoms with Crippen molar-refractivity contribution in [3.63, 3.8) is 0 Å². The van der Waals surface area contributed by atoms with Gasteiger partial charge in [-0.3, -0.25) is 9.59 Å². The van der Waals surface area contributed by atoms with Crippen LogP contribution in [0.1, 0.15) is 40.0 Å². The maximum absolute atomic E-state index is 13.3. The number of benzene rings is 1. The van der Waals surface area contributed by atoms with Crippen molar-refractivity contribution in [2.24, 2.45) is 17.8 Å². The molecule has 4 unspecified atom stereocenters. The number of anilines is 1. The van der Waals surface area contributed by atoms with Crippen molar-refractivity contribution in [2.45, 2.75) is 57.8 Å². The highest BCUT2D eigenvalue weighted by atomic mass is 16.5. The molecule has 0 aliphatic carbocycles. The summed E-state index contributed by atoms with van der Waals surface area (Å²) in [6.07, 6.45) is 6.88. The molecule has 2 fully saturated rings. The first kappa shape index (κ1) is 19.2. The van der Waals surface area contributed by atoms with Gasteiger partial charge in [0.15, 0.2) is 0 Å². The summed E-state index contributed by atoms with van der Waals surface area (Å²) in [6.45, 7) is 6.95. The van der Waals surface area contributed by atoms with E-state index in [0.717, 1.165) is 24.9 Å². The summed E-state index contributed by atoms with van der Waals surface area (Å²) in [5.41, 5.74) is 0.193. The smallest absolute Gasteiger partial charge is 0.234 e. The minimum atomic E-state index is -0.666. The summed E-state index contributed by atoms with van der Waals surface area (Å²) in [5, 5.41) is 3.14. The van der Waals surface area contributed by atoms with Crippen LogP contribution in [0.2, 0.25) is 0 Å². The van der Waals surface area contributed by atoms with Gasteiger partial charge in [0.2, 0.25) is 11.8 Å². The van der Waals surface area contributed by atoms with E-state index in [1.165, 1.54) is 0 Å². The minimum Gasteiger partial charge on any atom is -0.360 e. The average Bonchev–Trinajstić information content (AvgIpc) is 3.30. The van der Waals surface area contributed by atoms with Crippen molar-refractivity contribution in [1.82, 2.24) is 5.32 Å². The Labute approximate surface area is 167 Å². The molecular formula is C23H30N2O3. The van der Waals surface area contributed by atoms with Gasteiger partial charge in [0, 0.05) is 11.7 Å². The van der Waals surface area contributed by atoms with E-state index in [1.54, 1.807) is 4.90 Å². The Hall–Kier alpha value is -2.14.